The van der Waals surface area contributed by atoms with E-state index in [0.29, 0.717) is 25.5 Å². The number of nitrogens with one attached hydrogen (secondary N) is 3. The second-order valence-corrected chi connectivity index (χ2v) is 19.8. The Morgan fingerprint density at radius 1 is 0.859 bits per heavy atom. The highest BCUT2D eigenvalue weighted by Gasteiger charge is 2.40. The van der Waals surface area contributed by atoms with Crippen LogP contribution < -0.4 is 20.1 Å². The van der Waals surface area contributed by atoms with E-state index < -0.39 is 36.7 Å². The van der Waals surface area contributed by atoms with Gasteiger partial charge in [0, 0.05) is 47.1 Å². The molecule has 4 aliphatic heterocycles. The number of aliphatic hydroxyl groups excluding tert-OH is 1. The standard InChI is InChI=1S/C55H68N8O8/c1-8-70-39-16-11-15-36(27-39)53-63-43-23-21-35(42-31-57-50(58-42)45-19-13-25-62(45)52(65)49(33(4)5)60-55(67)69-7)26-38(43)28-46(63)40-22-20-34(29-47(40)71-53)37-14-9-10-17-41(56-30-37)44-18-12-24-61(44)51(64)48(32(2)3)59-54(66)68-6/h11,15-16,20-23,26-33,44-45,48-49,51,53,64H,8-10,12-14,17-19,24-25H2,1-7H3,(H,57,58)(H,59,66)(H,60,67)/b37-30+,56-41+/t44-,45-,48-,49-,51?,53?/m0/s1. The predicted molar refractivity (Wildman–Crippen MR) is 273 cm³/mol. The van der Waals surface area contributed by atoms with Crippen LogP contribution in [0.4, 0.5) is 9.59 Å². The number of aliphatic hydroxyl groups is 1. The number of nitrogens with zero attached hydrogens (tertiary/aromatic N) is 5. The van der Waals surface area contributed by atoms with E-state index in [2.05, 4.69) is 79.7 Å². The molecule has 2 aromatic heterocycles. The van der Waals surface area contributed by atoms with Crippen molar-refractivity contribution in [3.63, 3.8) is 0 Å². The number of hydrogen-bond acceptors (Lipinski definition) is 11. The molecule has 5 aromatic rings. The molecule has 0 radical (unpaired) electrons. The van der Waals surface area contributed by atoms with E-state index in [0.717, 1.165) is 119 Å². The monoisotopic (exact) mass is 969 g/mol. The summed E-state index contributed by atoms with van der Waals surface area (Å²) in [6.07, 6.45) is 8.36. The van der Waals surface area contributed by atoms with Gasteiger partial charge in [-0.05, 0) is 124 Å². The smallest absolute Gasteiger partial charge is 0.407 e. The number of imidazole rings is 1. The van der Waals surface area contributed by atoms with Crippen molar-refractivity contribution in [2.75, 3.05) is 33.9 Å². The molecule has 0 saturated carbocycles. The minimum absolute atomic E-state index is 0.0108. The fraction of sp³-hybridized carbons (Fsp3) is 0.473. The summed E-state index contributed by atoms with van der Waals surface area (Å²) in [5, 5.41) is 18.3. The number of rotatable bonds is 14. The number of carbonyl (C=O) groups excluding carboxylic acids is 3. The maximum Gasteiger partial charge on any atom is 0.407 e. The second kappa shape index (κ2) is 21.4. The first kappa shape index (κ1) is 49.3. The Balaban J connectivity index is 1.03. The van der Waals surface area contributed by atoms with Gasteiger partial charge in [0.15, 0.2) is 0 Å². The zero-order valence-electron chi connectivity index (χ0n) is 41.9. The van der Waals surface area contributed by atoms with Gasteiger partial charge in [0.05, 0.1) is 62.1 Å². The number of fused-ring (bicyclic) bond motifs is 5. The third kappa shape index (κ3) is 10.1. The molecule has 0 spiro atoms. The van der Waals surface area contributed by atoms with Crippen LogP contribution in [-0.2, 0) is 14.3 Å². The normalized spacial score (nSPS) is 21.9. The van der Waals surface area contributed by atoms with E-state index in [-0.39, 0.29) is 29.8 Å². The van der Waals surface area contributed by atoms with Gasteiger partial charge in [-0.25, -0.2) is 14.6 Å². The number of hydrogen-bond donors (Lipinski definition) is 4. The molecule has 4 aliphatic rings. The number of aliphatic imine (C=N–C) groups is 1. The van der Waals surface area contributed by atoms with Crippen LogP contribution in [0.15, 0.2) is 84.1 Å². The average molecular weight is 969 g/mol. The Hall–Kier alpha value is -6.65. The van der Waals surface area contributed by atoms with Crippen LogP contribution in [0.3, 0.4) is 0 Å². The lowest BCUT2D eigenvalue weighted by molar-refractivity contribution is -0.135. The number of carbonyl (C=O) groups is 3. The molecule has 4 N–H and O–H groups in total. The molecule has 9 rings (SSSR count). The Labute approximate surface area is 415 Å². The van der Waals surface area contributed by atoms with E-state index in [1.807, 2.05) is 64.0 Å². The maximum atomic E-state index is 13.8. The third-order valence-corrected chi connectivity index (χ3v) is 14.6. The quantitative estimate of drug-likeness (QED) is 0.0836. The summed E-state index contributed by atoms with van der Waals surface area (Å²) in [6, 6.07) is 21.7. The van der Waals surface area contributed by atoms with Crippen LogP contribution in [0.5, 0.6) is 11.5 Å². The number of benzene rings is 3. The summed E-state index contributed by atoms with van der Waals surface area (Å²) in [6.45, 7) is 11.6. The van der Waals surface area contributed by atoms with Gasteiger partial charge in [-0.3, -0.25) is 14.7 Å². The minimum Gasteiger partial charge on any atom is -0.494 e. The van der Waals surface area contributed by atoms with Crippen LogP contribution in [-0.4, -0.2) is 112 Å². The lowest BCUT2D eigenvalue weighted by atomic mass is 9.94. The number of methoxy groups -OCH3 is 2. The van der Waals surface area contributed by atoms with E-state index in [4.69, 9.17) is 28.9 Å². The molecule has 376 valence electrons. The molecular weight excluding hydrogens is 901 g/mol. The van der Waals surface area contributed by atoms with Crippen molar-refractivity contribution in [3.8, 4) is 34.0 Å². The Morgan fingerprint density at radius 3 is 2.39 bits per heavy atom. The van der Waals surface area contributed by atoms with Crippen molar-refractivity contribution in [1.82, 2.24) is 35.0 Å². The largest absolute Gasteiger partial charge is 0.494 e. The SMILES string of the molecule is CCOc1cccc(C2Oc3cc(/C4=C/N=C(/[C@@H]5CCCN5C(O)[C@@H](NC(=O)OC)C(C)C)CCCC4)ccc3-c3cc4cc(-c5cnc([C@@H]6CCCN6C(=O)[C@@H](NC(=O)OC)C(C)C)[nH]5)ccc4n32)c1. The van der Waals surface area contributed by atoms with Crippen LogP contribution in [0, 0.1) is 11.8 Å². The van der Waals surface area contributed by atoms with Crippen molar-refractivity contribution in [3.05, 3.63) is 96.1 Å². The van der Waals surface area contributed by atoms with Gasteiger partial charge in [-0.1, -0.05) is 52.0 Å². The van der Waals surface area contributed by atoms with Gasteiger partial charge >= 0.3 is 12.2 Å². The highest BCUT2D eigenvalue weighted by Crippen LogP contribution is 2.46. The first-order chi connectivity index (χ1) is 34.4. The summed E-state index contributed by atoms with van der Waals surface area (Å²) in [5.74, 6) is 1.96. The van der Waals surface area contributed by atoms with Gasteiger partial charge < -0.3 is 49.1 Å². The molecule has 16 nitrogen and oxygen atoms in total. The number of allylic oxidation sites excluding steroid dienone is 1. The molecule has 16 heteroatoms. The van der Waals surface area contributed by atoms with Crippen molar-refractivity contribution >= 4 is 40.3 Å². The molecule has 2 unspecified atom stereocenters. The van der Waals surface area contributed by atoms with Gasteiger partial charge in [-0.15, -0.1) is 0 Å². The summed E-state index contributed by atoms with van der Waals surface area (Å²) in [4.78, 5) is 55.7. The van der Waals surface area contributed by atoms with Crippen LogP contribution in [0.2, 0.25) is 0 Å². The number of aromatic amines is 1. The first-order valence-corrected chi connectivity index (χ1v) is 25.3. The molecule has 6 atom stereocenters. The molecule has 0 aliphatic carbocycles. The fourth-order valence-corrected chi connectivity index (χ4v) is 10.9. The summed E-state index contributed by atoms with van der Waals surface area (Å²) in [7, 11) is 2.63. The van der Waals surface area contributed by atoms with Gasteiger partial charge in [0.25, 0.3) is 0 Å². The summed E-state index contributed by atoms with van der Waals surface area (Å²) in [5.41, 5.74) is 8.98. The van der Waals surface area contributed by atoms with E-state index in [1.54, 1.807) is 0 Å². The van der Waals surface area contributed by atoms with Crippen LogP contribution >= 0.6 is 0 Å². The zero-order chi connectivity index (χ0) is 49.9. The Kier molecular flexibility index (Phi) is 14.8. The molecule has 2 fully saturated rings. The van der Waals surface area contributed by atoms with E-state index in [1.165, 1.54) is 14.2 Å². The summed E-state index contributed by atoms with van der Waals surface area (Å²) < 4.78 is 25.1. The van der Waals surface area contributed by atoms with Crippen molar-refractivity contribution in [1.29, 1.82) is 0 Å². The minimum atomic E-state index is -0.881. The number of amides is 3. The Bertz CT molecular complexity index is 2810. The first-order valence-electron chi connectivity index (χ1n) is 25.3. The van der Waals surface area contributed by atoms with E-state index >= 15 is 0 Å². The molecule has 2 saturated heterocycles. The van der Waals surface area contributed by atoms with Crippen molar-refractivity contribution in [2.24, 2.45) is 16.8 Å². The third-order valence-electron chi connectivity index (χ3n) is 14.6. The summed E-state index contributed by atoms with van der Waals surface area (Å²) >= 11 is 0. The number of ether oxygens (including phenoxy) is 4. The zero-order valence-corrected chi connectivity index (χ0v) is 41.9. The number of H-pyrrole nitrogens is 1. The molecule has 0 bridgehead atoms. The lowest BCUT2D eigenvalue weighted by Crippen LogP contribution is -2.56. The molecule has 3 amide bonds. The fourth-order valence-electron chi connectivity index (χ4n) is 10.9. The molecule has 6 heterocycles. The highest BCUT2D eigenvalue weighted by molar-refractivity contribution is 5.93. The van der Waals surface area contributed by atoms with E-state index in [9.17, 15) is 19.5 Å². The molecular formula is C55H68N8O8. The number of likely N-dealkylation sites (tertiary alicyclic amines) is 2. The lowest BCUT2D eigenvalue weighted by Gasteiger charge is -2.37. The van der Waals surface area contributed by atoms with Crippen LogP contribution in [0.25, 0.3) is 39.0 Å². The average Bonchev–Trinajstić information content (AvgIpc) is 4.21. The van der Waals surface area contributed by atoms with Gasteiger partial charge in [0.2, 0.25) is 12.1 Å². The predicted octanol–water partition coefficient (Wildman–Crippen LogP) is 9.60. The molecule has 71 heavy (non-hydrogen) atoms. The second-order valence-electron chi connectivity index (χ2n) is 19.8. The van der Waals surface area contributed by atoms with Gasteiger partial charge in [-0.2, -0.15) is 0 Å². The Morgan fingerprint density at radius 2 is 1.62 bits per heavy atom. The van der Waals surface area contributed by atoms with Crippen molar-refractivity contribution < 1.29 is 38.4 Å². The number of aromatic nitrogens is 3. The van der Waals surface area contributed by atoms with Gasteiger partial charge in [0.1, 0.15) is 29.6 Å². The number of alkyl carbamates (subject to hydrolysis) is 2. The highest BCUT2D eigenvalue weighted by atomic mass is 16.5. The van der Waals surface area contributed by atoms with Crippen molar-refractivity contribution in [2.45, 2.75) is 123 Å². The topological polar surface area (TPSA) is 185 Å². The maximum absolute atomic E-state index is 13.8. The van der Waals surface area contributed by atoms with Crippen LogP contribution in [0.1, 0.15) is 115 Å². The molecule has 3 aromatic carbocycles.